The topological polar surface area (TPSA) is 38.8 Å². The number of nitrogens with zero attached hydrogens (tertiary/aromatic N) is 1. The predicted octanol–water partition coefficient (Wildman–Crippen LogP) is 7.72. The van der Waals surface area contributed by atoms with Gasteiger partial charge in [-0.3, -0.25) is 4.79 Å². The molecule has 0 N–H and O–H groups in total. The third-order valence-corrected chi connectivity index (χ3v) is 7.09. The van der Waals surface area contributed by atoms with Crippen LogP contribution < -0.4 is 9.47 Å². The van der Waals surface area contributed by atoms with Crippen LogP contribution in [0.2, 0.25) is 0 Å². The van der Waals surface area contributed by atoms with Gasteiger partial charge in [0.15, 0.2) is 11.5 Å². The summed E-state index contributed by atoms with van der Waals surface area (Å²) >= 11 is 0. The summed E-state index contributed by atoms with van der Waals surface area (Å²) < 4.78 is 11.1. The Hall–Kier alpha value is -2.20. The van der Waals surface area contributed by atoms with Crippen molar-refractivity contribution in [2.45, 2.75) is 90.0 Å². The number of carbonyl (C=O) groups excluding carboxylic acids is 1. The zero-order valence-electron chi connectivity index (χ0n) is 21.9. The molecular weight excluding hydrogens is 458 g/mol. The van der Waals surface area contributed by atoms with E-state index in [4.69, 9.17) is 9.47 Å². The Balaban J connectivity index is 0.00000432. The first-order valence-electron chi connectivity index (χ1n) is 13.3. The van der Waals surface area contributed by atoms with Crippen LogP contribution >= 0.6 is 12.4 Å². The molecule has 1 aliphatic rings. The van der Waals surface area contributed by atoms with E-state index in [2.05, 4.69) is 48.2 Å². The van der Waals surface area contributed by atoms with Crippen molar-refractivity contribution in [1.82, 2.24) is 4.90 Å². The number of fused-ring (bicyclic) bond motifs is 1. The number of benzene rings is 2. The lowest BCUT2D eigenvalue weighted by Crippen LogP contribution is -2.41. The maximum Gasteiger partial charge on any atom is 0.223 e. The third kappa shape index (κ3) is 8.45. The predicted molar refractivity (Wildman–Crippen MR) is 147 cm³/mol. The summed E-state index contributed by atoms with van der Waals surface area (Å²) in [7, 11) is 3.35. The van der Waals surface area contributed by atoms with Gasteiger partial charge in [-0.25, -0.2) is 0 Å². The average molecular weight is 502 g/mol. The molecular formula is C30H44ClNO3. The summed E-state index contributed by atoms with van der Waals surface area (Å²) in [5, 5.41) is 0. The van der Waals surface area contributed by atoms with Gasteiger partial charge in [0.25, 0.3) is 0 Å². The Bertz CT molecular complexity index is 887. The smallest absolute Gasteiger partial charge is 0.223 e. The fourth-order valence-electron chi connectivity index (χ4n) is 5.11. The number of ether oxygens (including phenoxy) is 2. The van der Waals surface area contributed by atoms with Crippen LogP contribution in [0, 0.1) is 0 Å². The van der Waals surface area contributed by atoms with Crippen molar-refractivity contribution in [1.29, 1.82) is 0 Å². The highest BCUT2D eigenvalue weighted by atomic mass is 35.5. The van der Waals surface area contributed by atoms with E-state index in [9.17, 15) is 4.79 Å². The fourth-order valence-corrected chi connectivity index (χ4v) is 5.11. The second kappa shape index (κ2) is 15.7. The molecule has 0 radical (unpaired) electrons. The van der Waals surface area contributed by atoms with E-state index in [1.54, 1.807) is 14.2 Å². The molecule has 0 fully saturated rings. The largest absolute Gasteiger partial charge is 0.493 e. The first kappa shape index (κ1) is 29.0. The molecule has 194 valence electrons. The molecule has 0 saturated carbocycles. The van der Waals surface area contributed by atoms with Crippen LogP contribution in [0.1, 0.15) is 93.9 Å². The van der Waals surface area contributed by atoms with Crippen molar-refractivity contribution in [3.05, 3.63) is 59.2 Å². The molecule has 1 heterocycles. The normalized spacial score (nSPS) is 14.7. The van der Waals surface area contributed by atoms with Gasteiger partial charge in [0.05, 0.1) is 20.3 Å². The number of methoxy groups -OCH3 is 2. The fraction of sp³-hybridized carbons (Fsp3) is 0.567. The molecule has 35 heavy (non-hydrogen) atoms. The van der Waals surface area contributed by atoms with Gasteiger partial charge in [-0.15, -0.1) is 12.4 Å². The zero-order valence-corrected chi connectivity index (χ0v) is 22.7. The number of hydrogen-bond donors (Lipinski definition) is 0. The van der Waals surface area contributed by atoms with Crippen molar-refractivity contribution in [2.75, 3.05) is 20.8 Å². The Kier molecular flexibility index (Phi) is 13.0. The molecule has 1 amide bonds. The summed E-state index contributed by atoms with van der Waals surface area (Å²) in [6.07, 6.45) is 13.7. The molecule has 1 unspecified atom stereocenters. The summed E-state index contributed by atoms with van der Waals surface area (Å²) in [5.74, 6) is 1.77. The van der Waals surface area contributed by atoms with E-state index in [1.165, 1.54) is 61.6 Å². The first-order valence-corrected chi connectivity index (χ1v) is 13.3. The highest BCUT2D eigenvalue weighted by molar-refractivity contribution is 5.85. The Morgan fingerprint density at radius 3 is 2.11 bits per heavy atom. The first-order chi connectivity index (χ1) is 16.7. The lowest BCUT2D eigenvalue weighted by molar-refractivity contribution is -0.134. The summed E-state index contributed by atoms with van der Waals surface area (Å²) in [4.78, 5) is 15.5. The number of hydrogen-bond acceptors (Lipinski definition) is 3. The van der Waals surface area contributed by atoms with Gasteiger partial charge in [-0.05, 0) is 48.1 Å². The molecule has 3 rings (SSSR count). The number of halogens is 1. The van der Waals surface area contributed by atoms with E-state index >= 15 is 0 Å². The third-order valence-electron chi connectivity index (χ3n) is 7.09. The van der Waals surface area contributed by atoms with Gasteiger partial charge in [0, 0.05) is 13.0 Å². The molecule has 1 aliphatic heterocycles. The minimum absolute atomic E-state index is 0. The SMILES string of the molecule is CCCCCCCCCCCC(=O)N1CCc2cc(OC)c(OC)cc2C1Cc1ccccc1.Cl. The number of amides is 1. The van der Waals surface area contributed by atoms with Crippen molar-refractivity contribution >= 4 is 18.3 Å². The van der Waals surface area contributed by atoms with Crippen LogP contribution in [-0.4, -0.2) is 31.6 Å². The van der Waals surface area contributed by atoms with Crippen molar-refractivity contribution in [3.8, 4) is 11.5 Å². The van der Waals surface area contributed by atoms with Crippen molar-refractivity contribution in [2.24, 2.45) is 0 Å². The average Bonchev–Trinajstić information content (AvgIpc) is 2.87. The Labute approximate surface area is 218 Å². The summed E-state index contributed by atoms with van der Waals surface area (Å²) in [5.41, 5.74) is 3.69. The van der Waals surface area contributed by atoms with E-state index in [0.29, 0.717) is 6.42 Å². The van der Waals surface area contributed by atoms with Crippen LogP contribution in [0.4, 0.5) is 0 Å². The molecule has 4 nitrogen and oxygen atoms in total. The van der Waals surface area contributed by atoms with Gasteiger partial charge >= 0.3 is 0 Å². The second-order valence-electron chi connectivity index (χ2n) is 9.53. The van der Waals surface area contributed by atoms with Crippen LogP contribution in [-0.2, 0) is 17.6 Å². The van der Waals surface area contributed by atoms with E-state index in [1.807, 2.05) is 6.07 Å². The maximum atomic E-state index is 13.4. The number of unbranched alkanes of at least 4 members (excludes halogenated alkanes) is 8. The quantitative estimate of drug-likeness (QED) is 0.249. The van der Waals surface area contributed by atoms with Crippen LogP contribution in [0.5, 0.6) is 11.5 Å². The second-order valence-corrected chi connectivity index (χ2v) is 9.53. The van der Waals surface area contributed by atoms with Crippen molar-refractivity contribution in [3.63, 3.8) is 0 Å². The molecule has 2 aromatic rings. The lowest BCUT2D eigenvalue weighted by Gasteiger charge is -2.38. The molecule has 0 aromatic heterocycles. The van der Waals surface area contributed by atoms with Crippen LogP contribution in [0.15, 0.2) is 42.5 Å². The summed E-state index contributed by atoms with van der Waals surface area (Å²) in [6, 6.07) is 14.7. The minimum atomic E-state index is 0. The lowest BCUT2D eigenvalue weighted by atomic mass is 9.87. The highest BCUT2D eigenvalue weighted by Gasteiger charge is 2.32. The zero-order chi connectivity index (χ0) is 24.2. The Morgan fingerprint density at radius 2 is 1.49 bits per heavy atom. The van der Waals surface area contributed by atoms with Gasteiger partial charge < -0.3 is 14.4 Å². The Morgan fingerprint density at radius 1 is 0.886 bits per heavy atom. The highest BCUT2D eigenvalue weighted by Crippen LogP contribution is 2.39. The molecule has 2 aromatic carbocycles. The standard InChI is InChI=1S/C30H43NO3.ClH/c1-4-5-6-7-8-9-10-11-15-18-30(32)31-20-19-25-22-28(33-2)29(34-3)23-26(25)27(31)21-24-16-13-12-14-17-24;/h12-14,16-17,22-23,27H,4-11,15,18-21H2,1-3H3;1H. The monoisotopic (exact) mass is 501 g/mol. The van der Waals surface area contributed by atoms with E-state index in [0.717, 1.165) is 43.7 Å². The van der Waals surface area contributed by atoms with Gasteiger partial charge in [-0.1, -0.05) is 88.6 Å². The van der Waals surface area contributed by atoms with E-state index in [-0.39, 0.29) is 24.4 Å². The van der Waals surface area contributed by atoms with Crippen LogP contribution in [0.3, 0.4) is 0 Å². The molecule has 5 heteroatoms. The van der Waals surface area contributed by atoms with Crippen molar-refractivity contribution < 1.29 is 14.3 Å². The van der Waals surface area contributed by atoms with E-state index < -0.39 is 0 Å². The van der Waals surface area contributed by atoms with Gasteiger partial charge in [0.1, 0.15) is 0 Å². The minimum Gasteiger partial charge on any atom is -0.493 e. The summed E-state index contributed by atoms with van der Waals surface area (Å²) in [6.45, 7) is 3.02. The number of carbonyl (C=O) groups is 1. The van der Waals surface area contributed by atoms with Gasteiger partial charge in [0.2, 0.25) is 5.91 Å². The molecule has 0 aliphatic carbocycles. The maximum absolute atomic E-state index is 13.4. The molecule has 0 bridgehead atoms. The molecule has 1 atom stereocenters. The number of rotatable bonds is 14. The van der Waals surface area contributed by atoms with Crippen LogP contribution in [0.25, 0.3) is 0 Å². The molecule has 0 saturated heterocycles. The molecule has 0 spiro atoms. The van der Waals surface area contributed by atoms with Gasteiger partial charge in [-0.2, -0.15) is 0 Å².